The van der Waals surface area contributed by atoms with Crippen LogP contribution in [0.3, 0.4) is 0 Å². The van der Waals surface area contributed by atoms with Gasteiger partial charge in [-0.3, -0.25) is 9.78 Å². The predicted molar refractivity (Wildman–Crippen MR) is 57.7 cm³/mol. The summed E-state index contributed by atoms with van der Waals surface area (Å²) in [6.45, 7) is 2.67. The highest BCUT2D eigenvalue weighted by molar-refractivity contribution is 5.67. The van der Waals surface area contributed by atoms with E-state index in [0.29, 0.717) is 0 Å². The third-order valence-corrected chi connectivity index (χ3v) is 2.14. The molecule has 15 heavy (non-hydrogen) atoms. The van der Waals surface area contributed by atoms with Crippen molar-refractivity contribution in [3.63, 3.8) is 0 Å². The van der Waals surface area contributed by atoms with E-state index in [1.807, 2.05) is 19.1 Å². The molecular weight excluding hydrogens is 192 g/mol. The summed E-state index contributed by atoms with van der Waals surface area (Å²) in [5.74, 6) is -0.765. The number of carboxylic acid groups (broad SMARTS) is 1. The van der Waals surface area contributed by atoms with Crippen LogP contribution in [0.1, 0.15) is 18.9 Å². The molecule has 1 rings (SSSR count). The molecule has 1 aromatic rings. The lowest BCUT2D eigenvalue weighted by atomic mass is 10.2. The second kappa shape index (κ2) is 6.14. The smallest absolute Gasteiger partial charge is 0.304 e. The topological polar surface area (TPSA) is 62.2 Å². The molecule has 0 radical (unpaired) electrons. The molecule has 0 spiro atoms. The zero-order chi connectivity index (χ0) is 11.1. The average Bonchev–Trinajstić information content (AvgIpc) is 2.18. The number of nitrogens with zero attached hydrogens (tertiary/aromatic N) is 1. The number of hydrogen-bond donors (Lipinski definition) is 2. The number of carboxylic acids is 1. The van der Waals surface area contributed by atoms with Crippen LogP contribution < -0.4 is 5.32 Å². The Morgan fingerprint density at radius 3 is 2.80 bits per heavy atom. The summed E-state index contributed by atoms with van der Waals surface area (Å²) in [5, 5.41) is 11.7. The Morgan fingerprint density at radius 1 is 1.53 bits per heavy atom. The molecule has 0 aliphatic rings. The molecule has 1 heterocycles. The van der Waals surface area contributed by atoms with Crippen LogP contribution in [0.15, 0.2) is 24.5 Å². The van der Waals surface area contributed by atoms with E-state index < -0.39 is 5.97 Å². The Balaban J connectivity index is 2.19. The van der Waals surface area contributed by atoms with Gasteiger partial charge in [0.1, 0.15) is 0 Å². The van der Waals surface area contributed by atoms with E-state index in [4.69, 9.17) is 5.11 Å². The number of aromatic nitrogens is 1. The third kappa shape index (κ3) is 5.12. The monoisotopic (exact) mass is 208 g/mol. The molecule has 1 atom stereocenters. The van der Waals surface area contributed by atoms with Gasteiger partial charge in [-0.05, 0) is 37.6 Å². The van der Waals surface area contributed by atoms with Crippen LogP contribution in [0.4, 0.5) is 0 Å². The highest BCUT2D eigenvalue weighted by Gasteiger charge is 2.05. The number of rotatable bonds is 6. The first-order valence-electron chi connectivity index (χ1n) is 5.02. The maximum absolute atomic E-state index is 10.4. The minimum atomic E-state index is -0.765. The normalized spacial score (nSPS) is 12.3. The molecule has 82 valence electrons. The summed E-state index contributed by atoms with van der Waals surface area (Å²) >= 11 is 0. The van der Waals surface area contributed by atoms with Gasteiger partial charge in [0.15, 0.2) is 0 Å². The largest absolute Gasteiger partial charge is 0.481 e. The summed E-state index contributed by atoms with van der Waals surface area (Å²) < 4.78 is 0. The number of hydrogen-bond acceptors (Lipinski definition) is 3. The van der Waals surface area contributed by atoms with Gasteiger partial charge in [0, 0.05) is 18.4 Å². The molecule has 0 saturated heterocycles. The molecule has 4 nitrogen and oxygen atoms in total. The van der Waals surface area contributed by atoms with Gasteiger partial charge >= 0.3 is 5.97 Å². The van der Waals surface area contributed by atoms with Crippen LogP contribution in [0.5, 0.6) is 0 Å². The highest BCUT2D eigenvalue weighted by atomic mass is 16.4. The molecule has 2 N–H and O–H groups in total. The SMILES string of the molecule is CC(CC(=O)O)NCCc1ccncc1. The van der Waals surface area contributed by atoms with Crippen LogP contribution in [-0.2, 0) is 11.2 Å². The highest BCUT2D eigenvalue weighted by Crippen LogP contribution is 1.97. The zero-order valence-corrected chi connectivity index (χ0v) is 8.81. The van der Waals surface area contributed by atoms with Crippen molar-refractivity contribution in [3.8, 4) is 0 Å². The Morgan fingerprint density at radius 2 is 2.20 bits per heavy atom. The Hall–Kier alpha value is -1.42. The fourth-order valence-corrected chi connectivity index (χ4v) is 1.35. The molecule has 0 saturated carbocycles. The van der Waals surface area contributed by atoms with Gasteiger partial charge in [0.05, 0.1) is 6.42 Å². The Kier molecular flexibility index (Phi) is 4.77. The van der Waals surface area contributed by atoms with E-state index in [1.54, 1.807) is 12.4 Å². The van der Waals surface area contributed by atoms with Crippen molar-refractivity contribution in [2.45, 2.75) is 25.8 Å². The van der Waals surface area contributed by atoms with Crippen molar-refractivity contribution < 1.29 is 9.90 Å². The number of pyridine rings is 1. The third-order valence-electron chi connectivity index (χ3n) is 2.14. The molecule has 0 aliphatic heterocycles. The standard InChI is InChI=1S/C11H16N2O2/c1-9(8-11(14)15)13-7-4-10-2-5-12-6-3-10/h2-3,5-6,9,13H,4,7-8H2,1H3,(H,14,15). The molecule has 4 heteroatoms. The molecule has 0 bridgehead atoms. The summed E-state index contributed by atoms with van der Waals surface area (Å²) in [6.07, 6.45) is 4.58. The minimum Gasteiger partial charge on any atom is -0.481 e. The summed E-state index contributed by atoms with van der Waals surface area (Å²) in [6, 6.07) is 3.94. The molecular formula is C11H16N2O2. The van der Waals surface area contributed by atoms with Crippen molar-refractivity contribution >= 4 is 5.97 Å². The fraction of sp³-hybridized carbons (Fsp3) is 0.455. The lowest BCUT2D eigenvalue weighted by molar-refractivity contribution is -0.137. The lowest BCUT2D eigenvalue weighted by Gasteiger charge is -2.10. The van der Waals surface area contributed by atoms with Gasteiger partial charge in [-0.2, -0.15) is 0 Å². The zero-order valence-electron chi connectivity index (χ0n) is 8.81. The Labute approximate surface area is 89.3 Å². The fourth-order valence-electron chi connectivity index (χ4n) is 1.35. The van der Waals surface area contributed by atoms with Gasteiger partial charge < -0.3 is 10.4 Å². The molecule has 0 aliphatic carbocycles. The van der Waals surface area contributed by atoms with E-state index in [9.17, 15) is 4.79 Å². The van der Waals surface area contributed by atoms with Crippen molar-refractivity contribution in [2.75, 3.05) is 6.54 Å². The van der Waals surface area contributed by atoms with E-state index >= 15 is 0 Å². The van der Waals surface area contributed by atoms with Crippen LogP contribution in [0, 0.1) is 0 Å². The first-order chi connectivity index (χ1) is 7.18. The van der Waals surface area contributed by atoms with Crippen molar-refractivity contribution in [3.05, 3.63) is 30.1 Å². The second-order valence-corrected chi connectivity index (χ2v) is 3.56. The van der Waals surface area contributed by atoms with Crippen LogP contribution in [-0.4, -0.2) is 28.6 Å². The minimum absolute atomic E-state index is 0.0179. The average molecular weight is 208 g/mol. The van der Waals surface area contributed by atoms with Gasteiger partial charge in [-0.1, -0.05) is 0 Å². The van der Waals surface area contributed by atoms with E-state index in [0.717, 1.165) is 13.0 Å². The van der Waals surface area contributed by atoms with Crippen molar-refractivity contribution in [1.82, 2.24) is 10.3 Å². The van der Waals surface area contributed by atoms with E-state index in [-0.39, 0.29) is 12.5 Å². The van der Waals surface area contributed by atoms with Gasteiger partial charge in [0.2, 0.25) is 0 Å². The molecule has 1 aromatic heterocycles. The maximum atomic E-state index is 10.4. The van der Waals surface area contributed by atoms with E-state index in [2.05, 4.69) is 10.3 Å². The first kappa shape index (κ1) is 11.7. The van der Waals surface area contributed by atoms with E-state index in [1.165, 1.54) is 5.56 Å². The van der Waals surface area contributed by atoms with Gasteiger partial charge in [-0.25, -0.2) is 0 Å². The van der Waals surface area contributed by atoms with Crippen molar-refractivity contribution in [2.24, 2.45) is 0 Å². The predicted octanol–water partition coefficient (Wildman–Crippen LogP) is 1.08. The summed E-state index contributed by atoms with van der Waals surface area (Å²) in [5.41, 5.74) is 1.21. The van der Waals surface area contributed by atoms with Gasteiger partial charge in [-0.15, -0.1) is 0 Å². The molecule has 1 unspecified atom stereocenters. The number of aliphatic carboxylic acids is 1. The Bertz CT molecular complexity index is 301. The second-order valence-electron chi connectivity index (χ2n) is 3.56. The lowest BCUT2D eigenvalue weighted by Crippen LogP contribution is -2.30. The molecule has 0 amide bonds. The maximum Gasteiger partial charge on any atom is 0.304 e. The number of carbonyl (C=O) groups is 1. The van der Waals surface area contributed by atoms with Crippen molar-refractivity contribution in [1.29, 1.82) is 0 Å². The summed E-state index contributed by atoms with van der Waals surface area (Å²) in [7, 11) is 0. The molecule has 0 fully saturated rings. The summed E-state index contributed by atoms with van der Waals surface area (Å²) in [4.78, 5) is 14.3. The van der Waals surface area contributed by atoms with Crippen LogP contribution in [0.2, 0.25) is 0 Å². The molecule has 0 aromatic carbocycles. The quantitative estimate of drug-likeness (QED) is 0.734. The van der Waals surface area contributed by atoms with Crippen LogP contribution >= 0.6 is 0 Å². The van der Waals surface area contributed by atoms with Crippen LogP contribution in [0.25, 0.3) is 0 Å². The first-order valence-corrected chi connectivity index (χ1v) is 5.02. The van der Waals surface area contributed by atoms with Gasteiger partial charge in [0.25, 0.3) is 0 Å². The number of nitrogens with one attached hydrogen (secondary N) is 1.